The van der Waals surface area contributed by atoms with Crippen molar-refractivity contribution < 1.29 is 9.53 Å². The van der Waals surface area contributed by atoms with Crippen molar-refractivity contribution in [2.45, 2.75) is 26.3 Å². The molecule has 0 spiro atoms. The first-order valence-corrected chi connectivity index (χ1v) is 3.81. The van der Waals surface area contributed by atoms with E-state index in [2.05, 4.69) is 16.3 Å². The molecule has 1 unspecified atom stereocenters. The number of nitrogens with zero attached hydrogens (tertiary/aromatic N) is 1. The van der Waals surface area contributed by atoms with Crippen molar-refractivity contribution in [2.24, 2.45) is 4.99 Å². The van der Waals surface area contributed by atoms with Gasteiger partial charge in [0.05, 0.1) is 7.11 Å². The van der Waals surface area contributed by atoms with Crippen LogP contribution in [0.15, 0.2) is 17.6 Å². The van der Waals surface area contributed by atoms with E-state index in [0.717, 1.165) is 5.71 Å². The third-order valence-corrected chi connectivity index (χ3v) is 1.28. The number of carbonyl (C=O) groups excluding carboxylic acids is 1. The molecule has 0 rings (SSSR count). The van der Waals surface area contributed by atoms with Crippen LogP contribution in [0.5, 0.6) is 0 Å². The van der Waals surface area contributed by atoms with Gasteiger partial charge in [-0.25, -0.2) is 4.79 Å². The molecule has 0 aliphatic rings. The normalized spacial score (nSPS) is 11.6. The molecule has 1 atom stereocenters. The van der Waals surface area contributed by atoms with Crippen molar-refractivity contribution in [1.29, 1.82) is 0 Å². The van der Waals surface area contributed by atoms with Crippen molar-refractivity contribution >= 4 is 11.7 Å². The second kappa shape index (κ2) is 5.52. The molecule has 0 heterocycles. The minimum absolute atomic E-state index is 0.309. The van der Waals surface area contributed by atoms with E-state index in [4.69, 9.17) is 0 Å². The van der Waals surface area contributed by atoms with E-state index in [0.29, 0.717) is 6.42 Å². The van der Waals surface area contributed by atoms with Crippen LogP contribution < -0.4 is 0 Å². The predicted molar refractivity (Wildman–Crippen MR) is 49.4 cm³/mol. The highest BCUT2D eigenvalue weighted by molar-refractivity contribution is 5.84. The molecule has 0 N–H and O–H groups in total. The maximum absolute atomic E-state index is 11.1. The summed E-state index contributed by atoms with van der Waals surface area (Å²) < 4.78 is 4.57. The van der Waals surface area contributed by atoms with E-state index >= 15 is 0 Å². The largest absolute Gasteiger partial charge is 0.467 e. The van der Waals surface area contributed by atoms with E-state index in [1.54, 1.807) is 6.08 Å². The molecule has 0 aliphatic heterocycles. The third-order valence-electron chi connectivity index (χ3n) is 1.28. The maximum atomic E-state index is 11.1. The van der Waals surface area contributed by atoms with Crippen LogP contribution in [0.2, 0.25) is 0 Å². The average molecular weight is 169 g/mol. The zero-order chi connectivity index (χ0) is 9.56. The van der Waals surface area contributed by atoms with Gasteiger partial charge in [0.1, 0.15) is 0 Å². The van der Waals surface area contributed by atoms with Crippen molar-refractivity contribution in [3.63, 3.8) is 0 Å². The minimum atomic E-state index is -0.419. The smallest absolute Gasteiger partial charge is 0.330 e. The Labute approximate surface area is 73.1 Å². The fourth-order valence-electron chi connectivity index (χ4n) is 0.807. The molecule has 0 aromatic heterocycles. The number of ether oxygens (including phenoxy) is 1. The monoisotopic (exact) mass is 169 g/mol. The Hall–Kier alpha value is -1.12. The number of rotatable bonds is 4. The molecule has 0 fully saturated rings. The molecule has 0 saturated heterocycles. The highest BCUT2D eigenvalue weighted by Gasteiger charge is 2.15. The molecular formula is C9H15NO2. The summed E-state index contributed by atoms with van der Waals surface area (Å²) in [4.78, 5) is 15.2. The first-order valence-electron chi connectivity index (χ1n) is 3.81. The molecule has 0 radical (unpaired) electrons. The Bertz CT molecular complexity index is 193. The second-order valence-electron chi connectivity index (χ2n) is 2.64. The number of aliphatic imine (C=N–C) groups is 1. The first kappa shape index (κ1) is 10.9. The molecular weight excluding hydrogens is 154 g/mol. The summed E-state index contributed by atoms with van der Waals surface area (Å²) in [5.74, 6) is -0.309. The number of hydrogen-bond acceptors (Lipinski definition) is 3. The molecule has 0 amide bonds. The van der Waals surface area contributed by atoms with Crippen LogP contribution in [0, 0.1) is 0 Å². The zero-order valence-electron chi connectivity index (χ0n) is 7.83. The molecule has 0 bridgehead atoms. The lowest BCUT2D eigenvalue weighted by Crippen LogP contribution is -2.20. The van der Waals surface area contributed by atoms with Gasteiger partial charge in [-0.1, -0.05) is 6.08 Å². The third kappa shape index (κ3) is 3.91. The van der Waals surface area contributed by atoms with Crippen LogP contribution in [0.1, 0.15) is 20.3 Å². The molecule has 12 heavy (non-hydrogen) atoms. The van der Waals surface area contributed by atoms with Crippen molar-refractivity contribution in [2.75, 3.05) is 7.11 Å². The number of methoxy groups -OCH3 is 1. The molecule has 0 aromatic rings. The van der Waals surface area contributed by atoms with Gasteiger partial charge in [0, 0.05) is 5.71 Å². The van der Waals surface area contributed by atoms with Gasteiger partial charge in [-0.3, -0.25) is 4.99 Å². The van der Waals surface area contributed by atoms with E-state index in [1.165, 1.54) is 7.11 Å². The van der Waals surface area contributed by atoms with Gasteiger partial charge < -0.3 is 4.74 Å². The summed E-state index contributed by atoms with van der Waals surface area (Å²) in [6, 6.07) is -0.419. The standard InChI is InChI=1S/C9H15NO2/c1-5-6-8(9(11)12-4)10-7(2)3/h5,8H,1,6H2,2-4H3. The Morgan fingerprint density at radius 3 is 2.58 bits per heavy atom. The molecule has 0 aromatic carbocycles. The van der Waals surface area contributed by atoms with Crippen LogP contribution in [0.25, 0.3) is 0 Å². The van der Waals surface area contributed by atoms with Gasteiger partial charge in [-0.05, 0) is 20.3 Å². The van der Waals surface area contributed by atoms with E-state index in [9.17, 15) is 4.79 Å². The fourth-order valence-corrected chi connectivity index (χ4v) is 0.807. The van der Waals surface area contributed by atoms with Gasteiger partial charge in [0.15, 0.2) is 6.04 Å². The van der Waals surface area contributed by atoms with E-state index in [-0.39, 0.29) is 5.97 Å². The van der Waals surface area contributed by atoms with Crippen LogP contribution in [-0.2, 0) is 9.53 Å². The van der Waals surface area contributed by atoms with Crippen molar-refractivity contribution in [3.8, 4) is 0 Å². The molecule has 68 valence electrons. The number of carbonyl (C=O) groups is 1. The van der Waals surface area contributed by atoms with Crippen LogP contribution >= 0.6 is 0 Å². The topological polar surface area (TPSA) is 38.7 Å². The summed E-state index contributed by atoms with van der Waals surface area (Å²) in [6.45, 7) is 7.24. The fraction of sp³-hybridized carbons (Fsp3) is 0.556. The molecule has 3 nitrogen and oxygen atoms in total. The number of hydrogen-bond donors (Lipinski definition) is 0. The zero-order valence-corrected chi connectivity index (χ0v) is 7.83. The Morgan fingerprint density at radius 1 is 1.67 bits per heavy atom. The summed E-state index contributed by atoms with van der Waals surface area (Å²) in [7, 11) is 1.36. The minimum Gasteiger partial charge on any atom is -0.467 e. The predicted octanol–water partition coefficient (Wildman–Crippen LogP) is 1.58. The lowest BCUT2D eigenvalue weighted by molar-refractivity contribution is -0.141. The van der Waals surface area contributed by atoms with Gasteiger partial charge >= 0.3 is 5.97 Å². The maximum Gasteiger partial charge on any atom is 0.330 e. The summed E-state index contributed by atoms with van der Waals surface area (Å²) in [5, 5.41) is 0. The SMILES string of the molecule is C=CCC(N=C(C)C)C(=O)OC. The highest BCUT2D eigenvalue weighted by Crippen LogP contribution is 2.01. The van der Waals surface area contributed by atoms with Crippen LogP contribution in [-0.4, -0.2) is 24.8 Å². The van der Waals surface area contributed by atoms with E-state index in [1.807, 2.05) is 13.8 Å². The van der Waals surface area contributed by atoms with Gasteiger partial charge in [0.2, 0.25) is 0 Å². The van der Waals surface area contributed by atoms with E-state index < -0.39 is 6.04 Å². The first-order chi connectivity index (χ1) is 5.61. The Morgan fingerprint density at radius 2 is 2.25 bits per heavy atom. The van der Waals surface area contributed by atoms with Gasteiger partial charge in [0.25, 0.3) is 0 Å². The summed E-state index contributed by atoms with van der Waals surface area (Å²) >= 11 is 0. The average Bonchev–Trinajstić information content (AvgIpc) is 2.01. The van der Waals surface area contributed by atoms with Gasteiger partial charge in [-0.15, -0.1) is 6.58 Å². The lowest BCUT2D eigenvalue weighted by atomic mass is 10.2. The van der Waals surface area contributed by atoms with Crippen LogP contribution in [0.3, 0.4) is 0 Å². The highest BCUT2D eigenvalue weighted by atomic mass is 16.5. The molecule has 0 aliphatic carbocycles. The van der Waals surface area contributed by atoms with Crippen LogP contribution in [0.4, 0.5) is 0 Å². The number of esters is 1. The van der Waals surface area contributed by atoms with Gasteiger partial charge in [-0.2, -0.15) is 0 Å². The summed E-state index contributed by atoms with van der Waals surface area (Å²) in [6.07, 6.45) is 2.19. The molecule has 0 saturated carbocycles. The van der Waals surface area contributed by atoms with Crippen molar-refractivity contribution in [3.05, 3.63) is 12.7 Å². The Balaban J connectivity index is 4.32. The quantitative estimate of drug-likeness (QED) is 0.364. The lowest BCUT2D eigenvalue weighted by Gasteiger charge is -2.07. The molecule has 3 heteroatoms. The second-order valence-corrected chi connectivity index (χ2v) is 2.64. The summed E-state index contributed by atoms with van der Waals surface area (Å²) in [5.41, 5.74) is 0.868. The Kier molecular flexibility index (Phi) is 5.00. The van der Waals surface area contributed by atoms with Crippen molar-refractivity contribution in [1.82, 2.24) is 0 Å².